The van der Waals surface area contributed by atoms with Gasteiger partial charge in [-0.05, 0) is 24.2 Å². The minimum Gasteiger partial charge on any atom is -0.335 e. The molecule has 0 aromatic carbocycles. The maximum Gasteiger partial charge on any atom is 0.419 e. The number of nitrogens with zero attached hydrogens (tertiary/aromatic N) is 2. The van der Waals surface area contributed by atoms with Crippen LogP contribution in [0.4, 0.5) is 18.0 Å². The highest BCUT2D eigenvalue weighted by Gasteiger charge is 2.40. The van der Waals surface area contributed by atoms with Gasteiger partial charge in [0.25, 0.3) is 0 Å². The molecule has 0 aliphatic heterocycles. The van der Waals surface area contributed by atoms with Crippen LogP contribution in [-0.4, -0.2) is 21.9 Å². The number of alkyl halides is 3. The summed E-state index contributed by atoms with van der Waals surface area (Å²) in [5.74, 6) is 0.447. The molecule has 2 rings (SSSR count). The minimum absolute atomic E-state index is 0.0605. The summed E-state index contributed by atoms with van der Waals surface area (Å²) >= 11 is 0. The SMILES string of the molecule is Cn1ncc(C(F)(F)F)c1CNC(=O)N[C@@H]1C[C@H]1CC(C)(C)C. The standard InChI is InChI=1S/C15H23F3N4O/c1-14(2,3)6-9-5-11(9)21-13(23)19-8-12-10(15(16,17)18)7-20-22(12)4/h7,9,11H,5-6,8H2,1-4H3,(H2,19,21,23)/t9-,11+/m0/s1. The monoisotopic (exact) mass is 332 g/mol. The summed E-state index contributed by atoms with van der Waals surface area (Å²) in [6.45, 7) is 6.21. The molecule has 0 spiro atoms. The Bertz CT molecular complexity index is 574. The van der Waals surface area contributed by atoms with Gasteiger partial charge >= 0.3 is 12.2 Å². The van der Waals surface area contributed by atoms with Crippen molar-refractivity contribution in [2.24, 2.45) is 18.4 Å². The third-order valence-electron chi connectivity index (χ3n) is 3.90. The first kappa shape index (κ1) is 17.6. The van der Waals surface area contributed by atoms with Crippen molar-refractivity contribution in [2.45, 2.75) is 52.4 Å². The zero-order valence-corrected chi connectivity index (χ0v) is 13.8. The van der Waals surface area contributed by atoms with Crippen LogP contribution in [0.1, 0.15) is 44.9 Å². The summed E-state index contributed by atoms with van der Waals surface area (Å²) in [5.41, 5.74) is -0.680. The molecule has 23 heavy (non-hydrogen) atoms. The lowest BCUT2D eigenvalue weighted by Crippen LogP contribution is -2.38. The van der Waals surface area contributed by atoms with Crippen LogP contribution in [0.25, 0.3) is 0 Å². The van der Waals surface area contributed by atoms with Crippen LogP contribution in [0.5, 0.6) is 0 Å². The molecule has 1 fully saturated rings. The first-order valence-electron chi connectivity index (χ1n) is 7.60. The van der Waals surface area contributed by atoms with Gasteiger partial charge < -0.3 is 10.6 Å². The predicted octanol–water partition coefficient (Wildman–Crippen LogP) is 3.06. The smallest absolute Gasteiger partial charge is 0.335 e. The van der Waals surface area contributed by atoms with Crippen molar-refractivity contribution in [2.75, 3.05) is 0 Å². The highest BCUT2D eigenvalue weighted by atomic mass is 19.4. The number of nitrogens with one attached hydrogen (secondary N) is 2. The molecule has 5 nitrogen and oxygen atoms in total. The van der Waals surface area contributed by atoms with E-state index in [9.17, 15) is 18.0 Å². The number of aryl methyl sites for hydroxylation is 1. The molecule has 130 valence electrons. The van der Waals surface area contributed by atoms with E-state index in [4.69, 9.17) is 0 Å². The highest BCUT2D eigenvalue weighted by Crippen LogP contribution is 2.40. The molecule has 2 amide bonds. The Kier molecular flexibility index (Phi) is 4.64. The van der Waals surface area contributed by atoms with E-state index in [-0.39, 0.29) is 23.7 Å². The van der Waals surface area contributed by atoms with Gasteiger partial charge in [-0.1, -0.05) is 20.8 Å². The van der Waals surface area contributed by atoms with E-state index in [2.05, 4.69) is 36.5 Å². The predicted molar refractivity (Wildman–Crippen MR) is 79.5 cm³/mol. The quantitative estimate of drug-likeness (QED) is 0.890. The Hall–Kier alpha value is -1.73. The van der Waals surface area contributed by atoms with Crippen molar-refractivity contribution < 1.29 is 18.0 Å². The van der Waals surface area contributed by atoms with E-state index in [0.717, 1.165) is 23.7 Å². The molecule has 0 bridgehead atoms. The van der Waals surface area contributed by atoms with E-state index >= 15 is 0 Å². The minimum atomic E-state index is -4.48. The summed E-state index contributed by atoms with van der Waals surface area (Å²) in [5, 5.41) is 8.90. The molecule has 2 atom stereocenters. The molecule has 0 radical (unpaired) electrons. The number of hydrogen-bond donors (Lipinski definition) is 2. The number of urea groups is 1. The molecule has 1 aromatic heterocycles. The van der Waals surface area contributed by atoms with E-state index in [1.54, 1.807) is 0 Å². The Labute approximate surface area is 133 Å². The first-order chi connectivity index (χ1) is 10.5. The van der Waals surface area contributed by atoms with Crippen LogP contribution < -0.4 is 10.6 Å². The zero-order chi connectivity index (χ0) is 17.4. The molecule has 1 aromatic rings. The Morgan fingerprint density at radius 1 is 1.39 bits per heavy atom. The average molecular weight is 332 g/mol. The van der Waals surface area contributed by atoms with Crippen molar-refractivity contribution in [3.63, 3.8) is 0 Å². The highest BCUT2D eigenvalue weighted by molar-refractivity contribution is 5.74. The van der Waals surface area contributed by atoms with Gasteiger partial charge in [-0.3, -0.25) is 4.68 Å². The third-order valence-corrected chi connectivity index (χ3v) is 3.90. The Morgan fingerprint density at radius 2 is 2.04 bits per heavy atom. The van der Waals surface area contributed by atoms with Crippen molar-refractivity contribution in [1.29, 1.82) is 0 Å². The van der Waals surface area contributed by atoms with E-state index < -0.39 is 17.8 Å². The number of carbonyl (C=O) groups excluding carboxylic acids is 1. The maximum absolute atomic E-state index is 12.8. The van der Waals surface area contributed by atoms with Gasteiger partial charge in [-0.25, -0.2) is 4.79 Å². The van der Waals surface area contributed by atoms with E-state index in [0.29, 0.717) is 5.92 Å². The molecule has 1 saturated carbocycles. The summed E-state index contributed by atoms with van der Waals surface area (Å²) in [4.78, 5) is 11.8. The van der Waals surface area contributed by atoms with Crippen molar-refractivity contribution >= 4 is 6.03 Å². The van der Waals surface area contributed by atoms with Crippen LogP contribution in [0.2, 0.25) is 0 Å². The maximum atomic E-state index is 12.8. The molecule has 0 unspecified atom stereocenters. The number of aromatic nitrogens is 2. The van der Waals surface area contributed by atoms with Gasteiger partial charge in [0.15, 0.2) is 0 Å². The molecule has 1 heterocycles. The summed E-state index contributed by atoms with van der Waals surface area (Å²) in [7, 11) is 1.42. The number of halogens is 3. The number of rotatable bonds is 4. The summed E-state index contributed by atoms with van der Waals surface area (Å²) in [6, 6.07) is -0.330. The van der Waals surface area contributed by atoms with E-state index in [1.165, 1.54) is 7.05 Å². The second-order valence-electron chi connectivity index (χ2n) is 7.32. The van der Waals surface area contributed by atoms with Crippen molar-refractivity contribution in [1.82, 2.24) is 20.4 Å². The van der Waals surface area contributed by atoms with E-state index in [1.807, 2.05) is 0 Å². The Morgan fingerprint density at radius 3 is 2.61 bits per heavy atom. The summed E-state index contributed by atoms with van der Waals surface area (Å²) in [6.07, 6.45) is -1.77. The molecule has 8 heteroatoms. The lowest BCUT2D eigenvalue weighted by atomic mass is 9.89. The summed E-state index contributed by atoms with van der Waals surface area (Å²) < 4.78 is 39.6. The largest absolute Gasteiger partial charge is 0.419 e. The van der Waals surface area contributed by atoms with Crippen molar-refractivity contribution in [3.8, 4) is 0 Å². The molecular weight excluding hydrogens is 309 g/mol. The molecule has 1 aliphatic carbocycles. The van der Waals surface area contributed by atoms with Gasteiger partial charge in [-0.2, -0.15) is 18.3 Å². The van der Waals surface area contributed by atoms with Crippen LogP contribution in [0.15, 0.2) is 6.20 Å². The average Bonchev–Trinajstić information content (AvgIpc) is 2.93. The lowest BCUT2D eigenvalue weighted by Gasteiger charge is -2.17. The van der Waals surface area contributed by atoms with Gasteiger partial charge in [0.1, 0.15) is 0 Å². The number of amides is 2. The third kappa shape index (κ3) is 4.87. The van der Waals surface area contributed by atoms with Crippen LogP contribution in [0.3, 0.4) is 0 Å². The fourth-order valence-electron chi connectivity index (χ4n) is 2.73. The molecule has 1 aliphatic rings. The van der Waals surface area contributed by atoms with Crippen LogP contribution in [0, 0.1) is 11.3 Å². The lowest BCUT2D eigenvalue weighted by molar-refractivity contribution is -0.138. The fourth-order valence-corrected chi connectivity index (χ4v) is 2.73. The first-order valence-corrected chi connectivity index (χ1v) is 7.60. The van der Waals surface area contributed by atoms with Gasteiger partial charge in [0.2, 0.25) is 0 Å². The van der Waals surface area contributed by atoms with Gasteiger partial charge in [0, 0.05) is 13.1 Å². The fraction of sp³-hybridized carbons (Fsp3) is 0.733. The van der Waals surface area contributed by atoms with Gasteiger partial charge in [0.05, 0.1) is 24.0 Å². The molecular formula is C15H23F3N4O. The number of carbonyl (C=O) groups is 1. The number of hydrogen-bond acceptors (Lipinski definition) is 2. The van der Waals surface area contributed by atoms with Crippen LogP contribution in [-0.2, 0) is 19.8 Å². The Balaban J connectivity index is 1.84. The van der Waals surface area contributed by atoms with Crippen molar-refractivity contribution in [3.05, 3.63) is 17.5 Å². The van der Waals surface area contributed by atoms with Crippen LogP contribution >= 0.6 is 0 Å². The van der Waals surface area contributed by atoms with Gasteiger partial charge in [-0.15, -0.1) is 0 Å². The second kappa shape index (κ2) is 6.05. The zero-order valence-electron chi connectivity index (χ0n) is 13.8. The topological polar surface area (TPSA) is 59.0 Å². The second-order valence-corrected chi connectivity index (χ2v) is 7.32. The normalized spacial score (nSPS) is 21.2. The molecule has 2 N–H and O–H groups in total. The molecule has 0 saturated heterocycles.